The lowest BCUT2D eigenvalue weighted by Gasteiger charge is -2.40. The minimum atomic E-state index is -1.29. The Balaban J connectivity index is 2.56. The van der Waals surface area contributed by atoms with Crippen molar-refractivity contribution >= 4 is 11.8 Å². The van der Waals surface area contributed by atoms with Crippen molar-refractivity contribution in [3.8, 4) is 6.07 Å². The first kappa shape index (κ1) is 14.3. The lowest BCUT2D eigenvalue weighted by Crippen LogP contribution is -2.47. The van der Waals surface area contributed by atoms with Gasteiger partial charge in [-0.25, -0.2) is 0 Å². The molecule has 0 N–H and O–H groups in total. The van der Waals surface area contributed by atoms with Crippen molar-refractivity contribution in [3.05, 3.63) is 35.9 Å². The molecule has 20 heavy (non-hydrogen) atoms. The van der Waals surface area contributed by atoms with Crippen LogP contribution in [0, 0.1) is 22.7 Å². The van der Waals surface area contributed by atoms with Gasteiger partial charge in [0.15, 0.2) is 5.41 Å². The highest BCUT2D eigenvalue weighted by molar-refractivity contribution is 5.89. The van der Waals surface area contributed by atoms with Crippen molar-refractivity contribution in [3.63, 3.8) is 0 Å². The van der Waals surface area contributed by atoms with E-state index < -0.39 is 17.3 Å². The summed E-state index contributed by atoms with van der Waals surface area (Å²) in [5.41, 5.74) is -0.455. The third-order valence-corrected chi connectivity index (χ3v) is 4.20. The number of Topliss-reactive ketones (excluding diaryl/α,β-unsaturated/α-hetero) is 1. The fraction of sp³-hybridized carbons (Fsp3) is 0.438. The summed E-state index contributed by atoms with van der Waals surface area (Å²) >= 11 is 0. The average Bonchev–Trinajstić information content (AvgIpc) is 2.47. The Labute approximate surface area is 118 Å². The van der Waals surface area contributed by atoms with Crippen LogP contribution in [-0.4, -0.2) is 18.9 Å². The molecule has 0 radical (unpaired) electrons. The number of rotatable bonds is 2. The van der Waals surface area contributed by atoms with Gasteiger partial charge in [0.05, 0.1) is 13.2 Å². The van der Waals surface area contributed by atoms with E-state index in [1.54, 1.807) is 6.92 Å². The van der Waals surface area contributed by atoms with Crippen molar-refractivity contribution in [1.29, 1.82) is 5.26 Å². The van der Waals surface area contributed by atoms with Crippen LogP contribution in [0.3, 0.4) is 0 Å². The molecule has 1 fully saturated rings. The Kier molecular flexibility index (Phi) is 3.89. The van der Waals surface area contributed by atoms with Crippen molar-refractivity contribution in [2.24, 2.45) is 11.3 Å². The number of carbonyl (C=O) groups excluding carboxylic acids is 2. The van der Waals surface area contributed by atoms with E-state index in [0.29, 0.717) is 0 Å². The zero-order chi connectivity index (χ0) is 14.8. The van der Waals surface area contributed by atoms with Crippen LogP contribution >= 0.6 is 0 Å². The molecule has 1 saturated carbocycles. The quantitative estimate of drug-likeness (QED) is 0.775. The Hall–Kier alpha value is -2.15. The van der Waals surface area contributed by atoms with Crippen molar-refractivity contribution in [2.45, 2.75) is 25.7 Å². The summed E-state index contributed by atoms with van der Waals surface area (Å²) in [5, 5.41) is 9.67. The van der Waals surface area contributed by atoms with Gasteiger partial charge in [-0.3, -0.25) is 9.59 Å². The molecule has 0 heterocycles. The third-order valence-electron chi connectivity index (χ3n) is 4.20. The van der Waals surface area contributed by atoms with E-state index in [1.807, 2.05) is 30.3 Å². The summed E-state index contributed by atoms with van der Waals surface area (Å²) in [4.78, 5) is 24.2. The molecule has 0 unspecified atom stereocenters. The first-order valence-electron chi connectivity index (χ1n) is 6.62. The monoisotopic (exact) mass is 271 g/mol. The molecule has 0 saturated heterocycles. The number of methoxy groups -OCH3 is 1. The molecule has 1 aliphatic rings. The average molecular weight is 271 g/mol. The topological polar surface area (TPSA) is 67.2 Å². The van der Waals surface area contributed by atoms with Crippen LogP contribution in [0.1, 0.15) is 31.2 Å². The highest BCUT2D eigenvalue weighted by Gasteiger charge is 2.55. The normalized spacial score (nSPS) is 29.6. The van der Waals surface area contributed by atoms with Gasteiger partial charge in [-0.15, -0.1) is 0 Å². The lowest BCUT2D eigenvalue weighted by molar-refractivity contribution is -0.156. The second kappa shape index (κ2) is 5.46. The fourth-order valence-corrected chi connectivity index (χ4v) is 3.13. The van der Waals surface area contributed by atoms with Gasteiger partial charge in [0.2, 0.25) is 0 Å². The van der Waals surface area contributed by atoms with E-state index in [4.69, 9.17) is 4.74 Å². The van der Waals surface area contributed by atoms with Gasteiger partial charge in [0.25, 0.3) is 0 Å². The van der Waals surface area contributed by atoms with Crippen LogP contribution < -0.4 is 0 Å². The van der Waals surface area contributed by atoms with Crippen molar-refractivity contribution < 1.29 is 14.3 Å². The number of hydrogen-bond acceptors (Lipinski definition) is 4. The molecule has 104 valence electrons. The van der Waals surface area contributed by atoms with E-state index in [-0.39, 0.29) is 24.5 Å². The smallest absolute Gasteiger partial charge is 0.327 e. The van der Waals surface area contributed by atoms with Crippen LogP contribution in [-0.2, 0) is 14.3 Å². The highest BCUT2D eigenvalue weighted by atomic mass is 16.5. The maximum absolute atomic E-state index is 12.3. The first-order chi connectivity index (χ1) is 9.56. The van der Waals surface area contributed by atoms with Gasteiger partial charge in [0, 0.05) is 18.8 Å². The minimum Gasteiger partial charge on any atom is -0.468 e. The van der Waals surface area contributed by atoms with Gasteiger partial charge in [-0.1, -0.05) is 37.3 Å². The van der Waals surface area contributed by atoms with Crippen LogP contribution in [0.15, 0.2) is 30.3 Å². The SMILES string of the molecule is COC(=O)[C@@]1(C#N)[C@@H](c2ccccc2)CC(=O)C[C@@H]1C. The molecule has 2 rings (SSSR count). The highest BCUT2D eigenvalue weighted by Crippen LogP contribution is 2.50. The molecule has 0 spiro atoms. The number of benzene rings is 1. The van der Waals surface area contributed by atoms with Crippen LogP contribution in [0.5, 0.6) is 0 Å². The Bertz CT molecular complexity index is 561. The molecule has 1 aromatic carbocycles. The van der Waals surface area contributed by atoms with E-state index >= 15 is 0 Å². The molecule has 1 aromatic rings. The maximum atomic E-state index is 12.3. The largest absolute Gasteiger partial charge is 0.468 e. The zero-order valence-electron chi connectivity index (χ0n) is 11.6. The molecule has 0 amide bonds. The van der Waals surface area contributed by atoms with Crippen molar-refractivity contribution in [1.82, 2.24) is 0 Å². The van der Waals surface area contributed by atoms with Crippen LogP contribution in [0.4, 0.5) is 0 Å². The maximum Gasteiger partial charge on any atom is 0.327 e. The molecule has 0 bridgehead atoms. The van der Waals surface area contributed by atoms with Crippen molar-refractivity contribution in [2.75, 3.05) is 7.11 Å². The van der Waals surface area contributed by atoms with Gasteiger partial charge >= 0.3 is 5.97 Å². The number of hydrogen-bond donors (Lipinski definition) is 0. The molecule has 0 aliphatic heterocycles. The summed E-state index contributed by atoms with van der Waals surface area (Å²) in [6.45, 7) is 1.77. The van der Waals surface area contributed by atoms with E-state index in [2.05, 4.69) is 6.07 Å². The number of ketones is 1. The van der Waals surface area contributed by atoms with E-state index in [9.17, 15) is 14.9 Å². The summed E-state index contributed by atoms with van der Waals surface area (Å²) in [6.07, 6.45) is 0.447. The second-order valence-corrected chi connectivity index (χ2v) is 5.28. The van der Waals surface area contributed by atoms with Crippen LogP contribution in [0.25, 0.3) is 0 Å². The molecule has 4 nitrogen and oxygen atoms in total. The summed E-state index contributed by atoms with van der Waals surface area (Å²) in [5.74, 6) is -1.27. The number of carbonyl (C=O) groups is 2. The molecular formula is C16H17NO3. The summed E-state index contributed by atoms with van der Waals surface area (Å²) < 4.78 is 4.87. The number of nitriles is 1. The fourth-order valence-electron chi connectivity index (χ4n) is 3.13. The molecule has 4 heteroatoms. The van der Waals surface area contributed by atoms with E-state index in [1.165, 1.54) is 7.11 Å². The summed E-state index contributed by atoms with van der Waals surface area (Å²) in [7, 11) is 1.28. The standard InChI is InChI=1S/C16H17NO3/c1-11-8-13(18)9-14(12-6-4-3-5-7-12)16(11,10-17)15(19)20-2/h3-7,11,14H,8-9H2,1-2H3/t11-,14+,16+/m0/s1. The Morgan fingerprint density at radius 2 is 2.00 bits per heavy atom. The Morgan fingerprint density at radius 1 is 1.35 bits per heavy atom. The molecular weight excluding hydrogens is 254 g/mol. The van der Waals surface area contributed by atoms with Crippen LogP contribution in [0.2, 0.25) is 0 Å². The number of nitrogens with zero attached hydrogens (tertiary/aromatic N) is 1. The molecule has 3 atom stereocenters. The Morgan fingerprint density at radius 3 is 2.55 bits per heavy atom. The number of esters is 1. The third kappa shape index (κ3) is 2.09. The first-order valence-corrected chi connectivity index (χ1v) is 6.62. The lowest BCUT2D eigenvalue weighted by atomic mass is 9.59. The number of ether oxygens (including phenoxy) is 1. The molecule has 1 aliphatic carbocycles. The predicted octanol–water partition coefficient (Wildman–Crippen LogP) is 2.45. The summed E-state index contributed by atoms with van der Waals surface area (Å²) in [6, 6.07) is 11.4. The molecule has 0 aromatic heterocycles. The minimum absolute atomic E-state index is 0.0844. The van der Waals surface area contributed by atoms with Gasteiger partial charge in [-0.2, -0.15) is 5.26 Å². The van der Waals surface area contributed by atoms with Gasteiger partial charge in [-0.05, 0) is 11.5 Å². The van der Waals surface area contributed by atoms with E-state index in [0.717, 1.165) is 5.56 Å². The predicted molar refractivity (Wildman–Crippen MR) is 72.7 cm³/mol. The van der Waals surface area contributed by atoms with Gasteiger partial charge < -0.3 is 4.74 Å². The van der Waals surface area contributed by atoms with Gasteiger partial charge in [0.1, 0.15) is 5.78 Å². The second-order valence-electron chi connectivity index (χ2n) is 5.28. The zero-order valence-corrected chi connectivity index (χ0v) is 11.6.